The summed E-state index contributed by atoms with van der Waals surface area (Å²) in [6, 6.07) is 6.19. The van der Waals surface area contributed by atoms with E-state index in [0.29, 0.717) is 10.9 Å². The third-order valence-electron chi connectivity index (χ3n) is 3.84. The maximum absolute atomic E-state index is 10.6. The Hall–Kier alpha value is -1.49. The van der Waals surface area contributed by atoms with E-state index in [2.05, 4.69) is 32.2 Å². The van der Waals surface area contributed by atoms with Gasteiger partial charge in [0.2, 0.25) is 0 Å². The SMILES string of the molecule is CS/C(=C/[N+](=O)[O-])Nc1cccc2c1C(C)CC2(C)C. The van der Waals surface area contributed by atoms with E-state index in [-0.39, 0.29) is 5.41 Å². The van der Waals surface area contributed by atoms with Crippen LogP contribution in [-0.4, -0.2) is 11.2 Å². The van der Waals surface area contributed by atoms with Crippen molar-refractivity contribution in [3.63, 3.8) is 0 Å². The van der Waals surface area contributed by atoms with Crippen LogP contribution in [-0.2, 0) is 5.41 Å². The molecule has 20 heavy (non-hydrogen) atoms. The Morgan fingerprint density at radius 1 is 1.55 bits per heavy atom. The molecule has 0 saturated carbocycles. The number of fused-ring (bicyclic) bond motifs is 1. The Bertz CT molecular complexity index is 567. The number of hydrogen-bond donors (Lipinski definition) is 1. The van der Waals surface area contributed by atoms with E-state index >= 15 is 0 Å². The third-order valence-corrected chi connectivity index (χ3v) is 4.49. The zero-order chi connectivity index (χ0) is 14.9. The van der Waals surface area contributed by atoms with Crippen LogP contribution in [0, 0.1) is 10.1 Å². The van der Waals surface area contributed by atoms with Gasteiger partial charge in [-0.05, 0) is 41.2 Å². The highest BCUT2D eigenvalue weighted by atomic mass is 32.2. The van der Waals surface area contributed by atoms with E-state index in [9.17, 15) is 10.1 Å². The molecule has 1 N–H and O–H groups in total. The number of benzene rings is 1. The van der Waals surface area contributed by atoms with E-state index in [4.69, 9.17) is 0 Å². The van der Waals surface area contributed by atoms with Gasteiger partial charge >= 0.3 is 0 Å². The molecular formula is C15H20N2O2S. The summed E-state index contributed by atoms with van der Waals surface area (Å²) in [5.74, 6) is 0.461. The number of nitrogens with one attached hydrogen (secondary N) is 1. The van der Waals surface area contributed by atoms with E-state index in [1.807, 2.05) is 18.4 Å². The van der Waals surface area contributed by atoms with Crippen LogP contribution in [0.25, 0.3) is 0 Å². The van der Waals surface area contributed by atoms with Crippen molar-refractivity contribution in [3.8, 4) is 0 Å². The smallest absolute Gasteiger partial charge is 0.264 e. The summed E-state index contributed by atoms with van der Waals surface area (Å²) >= 11 is 1.35. The highest BCUT2D eigenvalue weighted by Gasteiger charge is 2.36. The van der Waals surface area contributed by atoms with E-state index < -0.39 is 4.92 Å². The quantitative estimate of drug-likeness (QED) is 0.663. The molecule has 5 heteroatoms. The van der Waals surface area contributed by atoms with Crippen LogP contribution in [0.3, 0.4) is 0 Å². The number of thioether (sulfide) groups is 1. The average molecular weight is 292 g/mol. The van der Waals surface area contributed by atoms with Gasteiger partial charge in [-0.1, -0.05) is 32.9 Å². The third kappa shape index (κ3) is 2.82. The van der Waals surface area contributed by atoms with Crippen LogP contribution in [0.4, 0.5) is 5.69 Å². The van der Waals surface area contributed by atoms with Crippen molar-refractivity contribution in [2.45, 2.75) is 38.5 Å². The minimum Gasteiger partial charge on any atom is -0.345 e. The molecule has 0 saturated heterocycles. The predicted octanol–water partition coefficient (Wildman–Crippen LogP) is 4.32. The van der Waals surface area contributed by atoms with Crippen LogP contribution in [0.2, 0.25) is 0 Å². The monoisotopic (exact) mass is 292 g/mol. The number of anilines is 1. The van der Waals surface area contributed by atoms with Gasteiger partial charge in [-0.3, -0.25) is 10.1 Å². The molecule has 1 aromatic rings. The molecule has 2 rings (SSSR count). The molecule has 0 fully saturated rings. The first-order valence-electron chi connectivity index (χ1n) is 6.65. The topological polar surface area (TPSA) is 55.2 Å². The summed E-state index contributed by atoms with van der Waals surface area (Å²) in [5.41, 5.74) is 3.79. The predicted molar refractivity (Wildman–Crippen MR) is 84.7 cm³/mol. The van der Waals surface area contributed by atoms with Crippen molar-refractivity contribution in [2.75, 3.05) is 11.6 Å². The van der Waals surface area contributed by atoms with Gasteiger partial charge in [0.1, 0.15) is 5.03 Å². The van der Waals surface area contributed by atoms with Crippen molar-refractivity contribution in [1.29, 1.82) is 0 Å². The van der Waals surface area contributed by atoms with Crippen molar-refractivity contribution >= 4 is 17.4 Å². The first kappa shape index (κ1) is 14.9. The van der Waals surface area contributed by atoms with Crippen molar-refractivity contribution in [1.82, 2.24) is 0 Å². The van der Waals surface area contributed by atoms with Crippen molar-refractivity contribution in [2.24, 2.45) is 0 Å². The van der Waals surface area contributed by atoms with E-state index in [0.717, 1.165) is 18.3 Å². The molecule has 1 aliphatic rings. The fourth-order valence-corrected chi connectivity index (χ4v) is 3.54. The molecule has 0 bridgehead atoms. The van der Waals surface area contributed by atoms with Gasteiger partial charge in [-0.15, -0.1) is 11.8 Å². The lowest BCUT2D eigenvalue weighted by atomic mass is 9.86. The largest absolute Gasteiger partial charge is 0.345 e. The maximum Gasteiger partial charge on any atom is 0.264 e. The molecular weight excluding hydrogens is 272 g/mol. The molecule has 0 amide bonds. The Labute approximate surface area is 123 Å². The van der Waals surface area contributed by atoms with Gasteiger partial charge < -0.3 is 5.32 Å². The number of nitrogens with zero attached hydrogens (tertiary/aromatic N) is 1. The zero-order valence-electron chi connectivity index (χ0n) is 12.3. The standard InChI is InChI=1S/C15H20N2O2S/c1-10-8-15(2,3)11-6-5-7-12(14(10)11)16-13(20-4)9-17(18)19/h5-7,9-10,16H,8H2,1-4H3/b13-9+. The van der Waals surface area contributed by atoms with E-state index in [1.54, 1.807) is 0 Å². The second-order valence-electron chi connectivity index (χ2n) is 5.86. The number of rotatable bonds is 4. The van der Waals surface area contributed by atoms with Crippen LogP contribution in [0.5, 0.6) is 0 Å². The summed E-state index contributed by atoms with van der Waals surface area (Å²) in [7, 11) is 0. The fraction of sp³-hybridized carbons (Fsp3) is 0.467. The lowest BCUT2D eigenvalue weighted by molar-refractivity contribution is -0.402. The summed E-state index contributed by atoms with van der Waals surface area (Å²) in [6.07, 6.45) is 3.96. The molecule has 0 radical (unpaired) electrons. The van der Waals surface area contributed by atoms with Gasteiger partial charge in [0.05, 0.1) is 4.92 Å². The molecule has 0 aromatic heterocycles. The van der Waals surface area contributed by atoms with Gasteiger partial charge in [-0.25, -0.2) is 0 Å². The Morgan fingerprint density at radius 3 is 2.85 bits per heavy atom. The van der Waals surface area contributed by atoms with Crippen LogP contribution >= 0.6 is 11.8 Å². The highest BCUT2D eigenvalue weighted by Crippen LogP contribution is 2.48. The summed E-state index contributed by atoms with van der Waals surface area (Å²) in [6.45, 7) is 6.72. The van der Waals surface area contributed by atoms with Gasteiger partial charge in [-0.2, -0.15) is 0 Å². The molecule has 1 unspecified atom stereocenters. The van der Waals surface area contributed by atoms with Gasteiger partial charge in [0.25, 0.3) is 6.20 Å². The summed E-state index contributed by atoms with van der Waals surface area (Å²) < 4.78 is 0. The van der Waals surface area contributed by atoms with E-state index in [1.165, 1.54) is 22.9 Å². The second kappa shape index (κ2) is 5.48. The molecule has 0 spiro atoms. The molecule has 108 valence electrons. The van der Waals surface area contributed by atoms with Gasteiger partial charge in [0.15, 0.2) is 0 Å². The maximum atomic E-state index is 10.6. The normalized spacial score (nSPS) is 20.6. The minimum atomic E-state index is -0.421. The lowest BCUT2D eigenvalue weighted by Crippen LogP contribution is -2.12. The van der Waals surface area contributed by atoms with Crippen molar-refractivity contribution in [3.05, 3.63) is 50.7 Å². The first-order valence-corrected chi connectivity index (χ1v) is 7.87. The second-order valence-corrected chi connectivity index (χ2v) is 6.71. The molecule has 4 nitrogen and oxygen atoms in total. The van der Waals surface area contributed by atoms with Crippen LogP contribution < -0.4 is 5.32 Å². The molecule has 0 aliphatic heterocycles. The van der Waals surface area contributed by atoms with Crippen LogP contribution in [0.15, 0.2) is 29.4 Å². The number of nitro groups is 1. The average Bonchev–Trinajstić information content (AvgIpc) is 2.59. The molecule has 1 aromatic carbocycles. The molecule has 0 heterocycles. The Balaban J connectivity index is 2.41. The number of hydrogen-bond acceptors (Lipinski definition) is 4. The fourth-order valence-electron chi connectivity index (χ4n) is 3.14. The molecule has 1 aliphatic carbocycles. The Kier molecular flexibility index (Phi) is 4.09. The van der Waals surface area contributed by atoms with Crippen molar-refractivity contribution < 1.29 is 4.92 Å². The van der Waals surface area contributed by atoms with Gasteiger partial charge in [0, 0.05) is 5.69 Å². The lowest BCUT2D eigenvalue weighted by Gasteiger charge is -2.19. The minimum absolute atomic E-state index is 0.165. The first-order chi connectivity index (χ1) is 9.35. The molecule has 1 atom stereocenters. The summed E-state index contributed by atoms with van der Waals surface area (Å²) in [5, 5.41) is 14.4. The Morgan fingerprint density at radius 2 is 2.25 bits per heavy atom. The van der Waals surface area contributed by atoms with Crippen LogP contribution in [0.1, 0.15) is 44.2 Å². The highest BCUT2D eigenvalue weighted by molar-refractivity contribution is 8.02. The zero-order valence-corrected chi connectivity index (χ0v) is 13.1. The summed E-state index contributed by atoms with van der Waals surface area (Å²) in [4.78, 5) is 10.2.